The number of hydrogen-bond donors (Lipinski definition) is 2. The van der Waals surface area contributed by atoms with E-state index in [9.17, 15) is 21.6 Å². The van der Waals surface area contributed by atoms with E-state index in [1.165, 1.54) is 12.4 Å². The molecule has 9 heteroatoms. The Kier molecular flexibility index (Phi) is 4.09. The highest BCUT2D eigenvalue weighted by Gasteiger charge is 2.43. The molecule has 0 aliphatic heterocycles. The van der Waals surface area contributed by atoms with Gasteiger partial charge in [-0.15, -0.1) is 0 Å². The van der Waals surface area contributed by atoms with Gasteiger partial charge in [0.05, 0.1) is 5.92 Å². The number of alkyl halides is 3. The second kappa shape index (κ2) is 5.79. The maximum absolute atomic E-state index is 12.8. The van der Waals surface area contributed by atoms with E-state index in [4.69, 9.17) is 0 Å². The van der Waals surface area contributed by atoms with Crippen molar-refractivity contribution in [2.24, 2.45) is 5.92 Å². The summed E-state index contributed by atoms with van der Waals surface area (Å²) in [5.74, 6) is -1.45. The van der Waals surface area contributed by atoms with Gasteiger partial charge in [-0.05, 0) is 31.4 Å². The fraction of sp³-hybridized carbons (Fsp3) is 0.500. The fourth-order valence-electron chi connectivity index (χ4n) is 3.03. The van der Waals surface area contributed by atoms with Crippen molar-refractivity contribution in [3.05, 3.63) is 24.5 Å². The molecule has 2 aromatic heterocycles. The molecule has 0 radical (unpaired) electrons. The van der Waals surface area contributed by atoms with Crippen LogP contribution in [0.3, 0.4) is 0 Å². The van der Waals surface area contributed by atoms with Gasteiger partial charge in [0, 0.05) is 23.8 Å². The number of hydrogen-bond acceptors (Lipinski definition) is 3. The Hall–Kier alpha value is -1.61. The van der Waals surface area contributed by atoms with Crippen LogP contribution in [-0.4, -0.2) is 30.6 Å². The summed E-state index contributed by atoms with van der Waals surface area (Å²) in [6.45, 7) is 0. The van der Waals surface area contributed by atoms with Gasteiger partial charge in [0.1, 0.15) is 10.5 Å². The molecule has 0 bridgehead atoms. The zero-order valence-electron chi connectivity index (χ0n) is 12.1. The molecular formula is C14H16F3N3O2S. The molecule has 23 heavy (non-hydrogen) atoms. The SMILES string of the molecule is O=S(=O)(NC1CCCC(C(F)(F)F)C1)c1c[nH]c2ncccc12. The van der Waals surface area contributed by atoms with E-state index < -0.39 is 28.2 Å². The number of aromatic nitrogens is 2. The molecular weight excluding hydrogens is 331 g/mol. The lowest BCUT2D eigenvalue weighted by molar-refractivity contribution is -0.183. The third-order valence-electron chi connectivity index (χ3n) is 4.16. The van der Waals surface area contributed by atoms with Crippen molar-refractivity contribution in [3.8, 4) is 0 Å². The van der Waals surface area contributed by atoms with Gasteiger partial charge in [0.25, 0.3) is 0 Å². The molecule has 2 unspecified atom stereocenters. The van der Waals surface area contributed by atoms with Crippen molar-refractivity contribution in [3.63, 3.8) is 0 Å². The van der Waals surface area contributed by atoms with Gasteiger partial charge in [0.15, 0.2) is 0 Å². The van der Waals surface area contributed by atoms with Gasteiger partial charge < -0.3 is 4.98 Å². The van der Waals surface area contributed by atoms with Crippen molar-refractivity contribution in [2.45, 2.75) is 42.8 Å². The molecule has 1 fully saturated rings. The minimum absolute atomic E-state index is 0.00901. The molecule has 3 rings (SSSR count). The first-order valence-corrected chi connectivity index (χ1v) is 8.77. The first-order chi connectivity index (χ1) is 10.8. The van der Waals surface area contributed by atoms with Crippen molar-refractivity contribution < 1.29 is 21.6 Å². The average molecular weight is 347 g/mol. The summed E-state index contributed by atoms with van der Waals surface area (Å²) < 4.78 is 65.9. The van der Waals surface area contributed by atoms with Gasteiger partial charge in [-0.25, -0.2) is 18.1 Å². The summed E-state index contributed by atoms with van der Waals surface area (Å²) in [7, 11) is -3.90. The smallest absolute Gasteiger partial charge is 0.345 e. The molecule has 0 saturated heterocycles. The Morgan fingerprint density at radius 1 is 1.30 bits per heavy atom. The highest BCUT2D eigenvalue weighted by molar-refractivity contribution is 7.89. The second-order valence-corrected chi connectivity index (χ2v) is 7.46. The molecule has 0 aromatic carbocycles. The summed E-state index contributed by atoms with van der Waals surface area (Å²) in [4.78, 5) is 6.77. The zero-order valence-corrected chi connectivity index (χ0v) is 12.9. The lowest BCUT2D eigenvalue weighted by Crippen LogP contribution is -2.41. The number of pyridine rings is 1. The summed E-state index contributed by atoms with van der Waals surface area (Å²) in [5, 5.41) is 0.420. The van der Waals surface area contributed by atoms with Crippen molar-refractivity contribution >= 4 is 21.1 Å². The molecule has 2 heterocycles. The number of aromatic amines is 1. The van der Waals surface area contributed by atoms with Crippen molar-refractivity contribution in [1.29, 1.82) is 0 Å². The van der Waals surface area contributed by atoms with Crippen LogP contribution in [0, 0.1) is 5.92 Å². The monoisotopic (exact) mass is 347 g/mol. The molecule has 0 spiro atoms. The molecule has 5 nitrogen and oxygen atoms in total. The van der Waals surface area contributed by atoms with Crippen LogP contribution < -0.4 is 4.72 Å². The number of halogens is 3. The Bertz CT molecular complexity index is 801. The van der Waals surface area contributed by atoms with Gasteiger partial charge in [-0.1, -0.05) is 6.42 Å². The van der Waals surface area contributed by atoms with E-state index in [2.05, 4.69) is 14.7 Å². The van der Waals surface area contributed by atoms with Gasteiger partial charge >= 0.3 is 6.18 Å². The van der Waals surface area contributed by atoms with Crippen LogP contribution in [0.5, 0.6) is 0 Å². The number of nitrogens with one attached hydrogen (secondary N) is 2. The number of nitrogens with zero attached hydrogens (tertiary/aromatic N) is 1. The van der Waals surface area contributed by atoms with Crippen LogP contribution in [0.4, 0.5) is 13.2 Å². The largest absolute Gasteiger partial charge is 0.391 e. The first kappa shape index (κ1) is 16.3. The highest BCUT2D eigenvalue weighted by Crippen LogP contribution is 2.38. The molecule has 0 amide bonds. The van der Waals surface area contributed by atoms with Gasteiger partial charge in [-0.2, -0.15) is 13.2 Å². The minimum Gasteiger partial charge on any atom is -0.345 e. The summed E-state index contributed by atoms with van der Waals surface area (Å²) >= 11 is 0. The zero-order chi connectivity index (χ0) is 16.7. The second-order valence-electron chi connectivity index (χ2n) is 5.78. The fourth-order valence-corrected chi connectivity index (χ4v) is 4.48. The Morgan fingerprint density at radius 3 is 2.83 bits per heavy atom. The predicted octanol–water partition coefficient (Wildman–Crippen LogP) is 2.96. The molecule has 1 aliphatic carbocycles. The average Bonchev–Trinajstić information content (AvgIpc) is 2.91. The summed E-state index contributed by atoms with van der Waals surface area (Å²) in [5.41, 5.74) is 0.421. The summed E-state index contributed by atoms with van der Waals surface area (Å²) in [6.07, 6.45) is -0.849. The van der Waals surface area contributed by atoms with Crippen LogP contribution >= 0.6 is 0 Å². The highest BCUT2D eigenvalue weighted by atomic mass is 32.2. The van der Waals surface area contributed by atoms with E-state index in [0.717, 1.165) is 0 Å². The van der Waals surface area contributed by atoms with E-state index in [1.54, 1.807) is 12.1 Å². The number of fused-ring (bicyclic) bond motifs is 1. The number of H-pyrrole nitrogens is 1. The molecule has 2 aromatic rings. The maximum Gasteiger partial charge on any atom is 0.391 e. The third kappa shape index (κ3) is 3.35. The van der Waals surface area contributed by atoms with E-state index in [-0.39, 0.29) is 17.7 Å². The van der Waals surface area contributed by atoms with Crippen LogP contribution in [-0.2, 0) is 10.0 Å². The van der Waals surface area contributed by atoms with Crippen molar-refractivity contribution in [1.82, 2.24) is 14.7 Å². The summed E-state index contributed by atoms with van der Waals surface area (Å²) in [6, 6.07) is 2.50. The van der Waals surface area contributed by atoms with Crippen molar-refractivity contribution in [2.75, 3.05) is 0 Å². The lowest BCUT2D eigenvalue weighted by Gasteiger charge is -2.30. The quantitative estimate of drug-likeness (QED) is 0.896. The third-order valence-corrected chi connectivity index (χ3v) is 5.72. The number of sulfonamides is 1. The Morgan fingerprint density at radius 2 is 2.09 bits per heavy atom. The van der Waals surface area contributed by atoms with Crippen LogP contribution in [0.2, 0.25) is 0 Å². The number of rotatable bonds is 3. The molecule has 2 atom stereocenters. The molecule has 126 valence electrons. The molecule has 2 N–H and O–H groups in total. The topological polar surface area (TPSA) is 74.8 Å². The lowest BCUT2D eigenvalue weighted by atomic mass is 9.86. The minimum atomic E-state index is -4.28. The van der Waals surface area contributed by atoms with Crippen LogP contribution in [0.1, 0.15) is 25.7 Å². The van der Waals surface area contributed by atoms with E-state index in [0.29, 0.717) is 23.9 Å². The Labute approximate surface area is 131 Å². The van der Waals surface area contributed by atoms with Gasteiger partial charge in [-0.3, -0.25) is 0 Å². The van der Waals surface area contributed by atoms with Crippen LogP contribution in [0.15, 0.2) is 29.4 Å². The van der Waals surface area contributed by atoms with E-state index in [1.807, 2.05) is 0 Å². The Balaban J connectivity index is 1.81. The molecule has 1 aliphatic rings. The van der Waals surface area contributed by atoms with E-state index >= 15 is 0 Å². The molecule has 1 saturated carbocycles. The van der Waals surface area contributed by atoms with Crippen LogP contribution in [0.25, 0.3) is 11.0 Å². The predicted molar refractivity (Wildman–Crippen MR) is 78.2 cm³/mol. The maximum atomic E-state index is 12.8. The van der Waals surface area contributed by atoms with Gasteiger partial charge in [0.2, 0.25) is 10.0 Å². The first-order valence-electron chi connectivity index (χ1n) is 7.28. The normalized spacial score (nSPS) is 23.3. The standard InChI is InChI=1S/C14H16F3N3O2S/c15-14(16,17)9-3-1-4-10(7-9)20-23(21,22)12-8-19-13-11(12)5-2-6-18-13/h2,5-6,8-10,20H,1,3-4,7H2,(H,18,19).